The van der Waals surface area contributed by atoms with Crippen molar-refractivity contribution in [1.82, 2.24) is 4.98 Å². The first-order valence-electron chi connectivity index (χ1n) is 5.71. The molecule has 0 spiro atoms. The molecule has 0 saturated heterocycles. The standard InChI is InChI=1S/C11H13BrN2O3S/c12-8-5-13-11(18-8)14-9(15)6-2-1-3-7(4-6)10(16)17/h5-7H,1-4H2,(H,16,17)(H,13,14,15). The van der Waals surface area contributed by atoms with Gasteiger partial charge in [-0.05, 0) is 35.2 Å². The zero-order valence-corrected chi connectivity index (χ0v) is 12.0. The third-order valence-corrected chi connectivity index (χ3v) is 4.49. The third kappa shape index (κ3) is 3.29. The molecule has 1 saturated carbocycles. The minimum Gasteiger partial charge on any atom is -0.481 e. The van der Waals surface area contributed by atoms with Crippen molar-refractivity contribution in [2.24, 2.45) is 11.8 Å². The van der Waals surface area contributed by atoms with Crippen molar-refractivity contribution in [3.8, 4) is 0 Å². The molecule has 18 heavy (non-hydrogen) atoms. The van der Waals surface area contributed by atoms with E-state index in [1.165, 1.54) is 11.3 Å². The van der Waals surface area contributed by atoms with E-state index in [-0.39, 0.29) is 11.8 Å². The summed E-state index contributed by atoms with van der Waals surface area (Å²) in [6.45, 7) is 0. The van der Waals surface area contributed by atoms with E-state index in [9.17, 15) is 9.59 Å². The highest BCUT2D eigenvalue weighted by molar-refractivity contribution is 9.11. The van der Waals surface area contributed by atoms with Crippen molar-refractivity contribution in [3.63, 3.8) is 0 Å². The molecule has 1 aliphatic carbocycles. The maximum absolute atomic E-state index is 12.0. The largest absolute Gasteiger partial charge is 0.481 e. The second-order valence-electron chi connectivity index (χ2n) is 4.36. The number of amides is 1. The Labute approximate surface area is 117 Å². The van der Waals surface area contributed by atoms with E-state index < -0.39 is 11.9 Å². The van der Waals surface area contributed by atoms with E-state index in [1.54, 1.807) is 6.20 Å². The number of anilines is 1. The lowest BCUT2D eigenvalue weighted by Gasteiger charge is -2.25. The lowest BCUT2D eigenvalue weighted by molar-refractivity contribution is -0.143. The van der Waals surface area contributed by atoms with E-state index in [1.807, 2.05) is 0 Å². The molecule has 0 aromatic carbocycles. The predicted molar refractivity (Wildman–Crippen MR) is 71.5 cm³/mol. The van der Waals surface area contributed by atoms with E-state index in [0.29, 0.717) is 18.0 Å². The molecule has 1 fully saturated rings. The summed E-state index contributed by atoms with van der Waals surface area (Å²) in [5.74, 6) is -1.53. The molecular formula is C11H13BrN2O3S. The van der Waals surface area contributed by atoms with Crippen molar-refractivity contribution in [2.75, 3.05) is 5.32 Å². The number of thiazole rings is 1. The van der Waals surface area contributed by atoms with Gasteiger partial charge in [0.15, 0.2) is 5.13 Å². The zero-order valence-electron chi connectivity index (χ0n) is 9.56. The molecule has 2 rings (SSSR count). The number of carboxylic acids is 1. The summed E-state index contributed by atoms with van der Waals surface area (Å²) < 4.78 is 0.852. The number of rotatable bonds is 3. The number of halogens is 1. The normalized spacial score (nSPS) is 23.6. The quantitative estimate of drug-likeness (QED) is 0.891. The molecule has 2 N–H and O–H groups in total. The second kappa shape index (κ2) is 5.79. The van der Waals surface area contributed by atoms with Gasteiger partial charge >= 0.3 is 5.97 Å². The summed E-state index contributed by atoms with van der Waals surface area (Å²) >= 11 is 4.62. The van der Waals surface area contributed by atoms with Gasteiger partial charge in [0.1, 0.15) is 0 Å². The lowest BCUT2D eigenvalue weighted by atomic mass is 9.81. The van der Waals surface area contributed by atoms with Gasteiger partial charge in [0.05, 0.1) is 15.9 Å². The van der Waals surface area contributed by atoms with Gasteiger partial charge in [-0.1, -0.05) is 17.8 Å². The van der Waals surface area contributed by atoms with Gasteiger partial charge in [0.2, 0.25) is 5.91 Å². The van der Waals surface area contributed by atoms with Crippen LogP contribution in [0.5, 0.6) is 0 Å². The summed E-state index contributed by atoms with van der Waals surface area (Å²) in [7, 11) is 0. The summed E-state index contributed by atoms with van der Waals surface area (Å²) in [5, 5.41) is 12.3. The van der Waals surface area contributed by atoms with Gasteiger partial charge in [-0.2, -0.15) is 0 Å². The first kappa shape index (κ1) is 13.5. The number of carbonyl (C=O) groups is 2. The smallest absolute Gasteiger partial charge is 0.306 e. The topological polar surface area (TPSA) is 79.3 Å². The molecule has 1 heterocycles. The highest BCUT2D eigenvalue weighted by atomic mass is 79.9. The Hall–Kier alpha value is -0.950. The van der Waals surface area contributed by atoms with Crippen LogP contribution < -0.4 is 5.32 Å². The Morgan fingerprint density at radius 3 is 2.78 bits per heavy atom. The Kier molecular flexibility index (Phi) is 4.34. The summed E-state index contributed by atoms with van der Waals surface area (Å²) in [6.07, 6.45) is 4.26. The molecule has 1 amide bonds. The SMILES string of the molecule is O=C(O)C1CCCC(C(=O)Nc2ncc(Br)s2)C1. The van der Waals surface area contributed by atoms with E-state index >= 15 is 0 Å². The molecule has 7 heteroatoms. The predicted octanol–water partition coefficient (Wildman–Crippen LogP) is 2.74. The molecule has 2 atom stereocenters. The molecule has 1 aliphatic rings. The lowest BCUT2D eigenvalue weighted by Crippen LogP contribution is -2.30. The molecule has 1 aromatic rings. The van der Waals surface area contributed by atoms with Crippen molar-refractivity contribution in [1.29, 1.82) is 0 Å². The van der Waals surface area contributed by atoms with Crippen molar-refractivity contribution in [3.05, 3.63) is 9.98 Å². The van der Waals surface area contributed by atoms with Crippen LogP contribution in [0.4, 0.5) is 5.13 Å². The summed E-state index contributed by atoms with van der Waals surface area (Å²) in [5.41, 5.74) is 0. The average Bonchev–Trinajstić information content (AvgIpc) is 2.75. The van der Waals surface area contributed by atoms with Crippen LogP contribution in [0.1, 0.15) is 25.7 Å². The zero-order chi connectivity index (χ0) is 13.1. The van der Waals surface area contributed by atoms with Crippen LogP contribution in [0.15, 0.2) is 9.98 Å². The number of carbonyl (C=O) groups excluding carboxylic acids is 1. The number of nitrogens with one attached hydrogen (secondary N) is 1. The second-order valence-corrected chi connectivity index (χ2v) is 6.77. The van der Waals surface area contributed by atoms with Crippen molar-refractivity contribution >= 4 is 44.3 Å². The fraction of sp³-hybridized carbons (Fsp3) is 0.545. The maximum atomic E-state index is 12.0. The van der Waals surface area contributed by atoms with E-state index in [2.05, 4.69) is 26.2 Å². The molecule has 5 nitrogen and oxygen atoms in total. The Balaban J connectivity index is 1.94. The number of hydrogen-bond acceptors (Lipinski definition) is 4. The first-order chi connectivity index (χ1) is 8.56. The van der Waals surface area contributed by atoms with E-state index in [0.717, 1.165) is 16.6 Å². The highest BCUT2D eigenvalue weighted by Crippen LogP contribution is 2.31. The molecule has 0 radical (unpaired) electrons. The maximum Gasteiger partial charge on any atom is 0.306 e. The van der Waals surface area contributed by atoms with Crippen LogP contribution in [-0.2, 0) is 9.59 Å². The highest BCUT2D eigenvalue weighted by Gasteiger charge is 2.31. The molecular weight excluding hydrogens is 320 g/mol. The molecule has 0 bridgehead atoms. The first-order valence-corrected chi connectivity index (χ1v) is 7.32. The van der Waals surface area contributed by atoms with Gasteiger partial charge in [0.25, 0.3) is 0 Å². The van der Waals surface area contributed by atoms with E-state index in [4.69, 9.17) is 5.11 Å². The molecule has 98 valence electrons. The molecule has 0 aliphatic heterocycles. The third-order valence-electron chi connectivity index (χ3n) is 3.10. The average molecular weight is 333 g/mol. The van der Waals surface area contributed by atoms with Crippen molar-refractivity contribution in [2.45, 2.75) is 25.7 Å². The van der Waals surface area contributed by atoms with Crippen LogP contribution >= 0.6 is 27.3 Å². The van der Waals surface area contributed by atoms with Gasteiger partial charge < -0.3 is 10.4 Å². The Morgan fingerprint density at radius 1 is 1.44 bits per heavy atom. The Morgan fingerprint density at radius 2 is 2.17 bits per heavy atom. The number of hydrogen-bond donors (Lipinski definition) is 2. The van der Waals surface area contributed by atoms with Crippen LogP contribution in [0.25, 0.3) is 0 Å². The van der Waals surface area contributed by atoms with Crippen LogP contribution in [0.2, 0.25) is 0 Å². The summed E-state index contributed by atoms with van der Waals surface area (Å²) in [4.78, 5) is 27.0. The Bertz CT molecular complexity index is 463. The fourth-order valence-electron chi connectivity index (χ4n) is 2.17. The minimum atomic E-state index is -0.801. The van der Waals surface area contributed by atoms with Crippen LogP contribution in [0.3, 0.4) is 0 Å². The van der Waals surface area contributed by atoms with Gasteiger partial charge in [-0.3, -0.25) is 9.59 Å². The monoisotopic (exact) mass is 332 g/mol. The van der Waals surface area contributed by atoms with Crippen LogP contribution in [0, 0.1) is 11.8 Å². The number of nitrogens with zero attached hydrogens (tertiary/aromatic N) is 1. The summed E-state index contributed by atoms with van der Waals surface area (Å²) in [6, 6.07) is 0. The molecule has 1 aromatic heterocycles. The fourth-order valence-corrected chi connectivity index (χ4v) is 3.28. The number of carboxylic acid groups (broad SMARTS) is 1. The minimum absolute atomic E-state index is 0.122. The van der Waals surface area contributed by atoms with Crippen LogP contribution in [-0.4, -0.2) is 22.0 Å². The van der Waals surface area contributed by atoms with Crippen molar-refractivity contribution < 1.29 is 14.7 Å². The number of aromatic nitrogens is 1. The van der Waals surface area contributed by atoms with Gasteiger partial charge in [0, 0.05) is 5.92 Å². The van der Waals surface area contributed by atoms with Gasteiger partial charge in [-0.25, -0.2) is 4.98 Å². The van der Waals surface area contributed by atoms with Gasteiger partial charge in [-0.15, -0.1) is 0 Å². The molecule has 2 unspecified atom stereocenters. The number of aliphatic carboxylic acids is 1.